The zero-order valence-corrected chi connectivity index (χ0v) is 19.6. The zero-order chi connectivity index (χ0) is 22.9. The van der Waals surface area contributed by atoms with E-state index in [0.29, 0.717) is 18.6 Å². The molecule has 0 atom stereocenters. The van der Waals surface area contributed by atoms with Gasteiger partial charge >= 0.3 is 0 Å². The number of nitrogens with one attached hydrogen (secondary N) is 1. The summed E-state index contributed by atoms with van der Waals surface area (Å²) < 4.78 is 5.97. The lowest BCUT2D eigenvalue weighted by molar-refractivity contribution is 0.220. The van der Waals surface area contributed by atoms with Crippen LogP contribution in [0.2, 0.25) is 0 Å². The molecule has 0 radical (unpaired) electrons. The van der Waals surface area contributed by atoms with Crippen LogP contribution in [0, 0.1) is 6.92 Å². The molecular formula is C27H34N4O2. The van der Waals surface area contributed by atoms with Gasteiger partial charge in [-0.05, 0) is 75.0 Å². The second-order valence-corrected chi connectivity index (χ2v) is 8.96. The van der Waals surface area contributed by atoms with Gasteiger partial charge in [0, 0.05) is 43.0 Å². The van der Waals surface area contributed by atoms with Crippen LogP contribution in [0.25, 0.3) is 0 Å². The fraction of sp³-hybridized carbons (Fsp3) is 0.444. The summed E-state index contributed by atoms with van der Waals surface area (Å²) in [5.74, 6) is 1.67. The van der Waals surface area contributed by atoms with E-state index in [-0.39, 0.29) is 5.56 Å². The average Bonchev–Trinajstić information content (AvgIpc) is 2.83. The number of pyridine rings is 1. The second kappa shape index (κ2) is 11.8. The third-order valence-corrected chi connectivity index (χ3v) is 6.12. The Balaban J connectivity index is 1.19. The van der Waals surface area contributed by atoms with Crippen LogP contribution in [0.4, 0.5) is 0 Å². The summed E-state index contributed by atoms with van der Waals surface area (Å²) in [4.78, 5) is 26.6. The van der Waals surface area contributed by atoms with Crippen molar-refractivity contribution in [2.24, 2.45) is 0 Å². The highest BCUT2D eigenvalue weighted by Crippen LogP contribution is 2.18. The first-order valence-corrected chi connectivity index (χ1v) is 12.1. The Morgan fingerprint density at radius 2 is 1.88 bits per heavy atom. The fourth-order valence-electron chi connectivity index (χ4n) is 4.23. The molecule has 0 spiro atoms. The maximum absolute atomic E-state index is 12.4. The molecule has 3 heterocycles. The largest absolute Gasteiger partial charge is 0.494 e. The number of unbranched alkanes of at least 4 members (excludes halogenated alkanes) is 1. The summed E-state index contributed by atoms with van der Waals surface area (Å²) in [6.07, 6.45) is 10.6. The molecule has 0 unspecified atom stereocenters. The van der Waals surface area contributed by atoms with E-state index >= 15 is 0 Å². The normalized spacial score (nSPS) is 14.3. The molecule has 1 aliphatic rings. The molecule has 1 aliphatic heterocycles. The monoisotopic (exact) mass is 446 g/mol. The molecule has 4 rings (SSSR count). The Hall–Kier alpha value is -2.99. The van der Waals surface area contributed by atoms with E-state index in [9.17, 15) is 4.79 Å². The van der Waals surface area contributed by atoms with Gasteiger partial charge < -0.3 is 9.72 Å². The predicted molar refractivity (Wildman–Crippen MR) is 131 cm³/mol. The molecule has 0 bridgehead atoms. The number of aryl methyl sites for hydroxylation is 2. The maximum atomic E-state index is 12.4. The summed E-state index contributed by atoms with van der Waals surface area (Å²) in [7, 11) is 0. The van der Waals surface area contributed by atoms with E-state index in [1.54, 1.807) is 6.20 Å². The van der Waals surface area contributed by atoms with Gasteiger partial charge in [-0.15, -0.1) is 0 Å². The lowest BCUT2D eigenvalue weighted by Crippen LogP contribution is -2.29. The number of ether oxygens (including phenoxy) is 1. The van der Waals surface area contributed by atoms with E-state index in [4.69, 9.17) is 4.74 Å². The zero-order valence-electron chi connectivity index (χ0n) is 19.6. The quantitative estimate of drug-likeness (QED) is 0.466. The molecule has 0 saturated carbocycles. The van der Waals surface area contributed by atoms with Crippen LogP contribution in [0.1, 0.15) is 60.3 Å². The first kappa shape index (κ1) is 23.2. The van der Waals surface area contributed by atoms with Crippen molar-refractivity contribution in [1.82, 2.24) is 19.9 Å². The number of piperidine rings is 1. The molecular weight excluding hydrogens is 412 g/mol. The summed E-state index contributed by atoms with van der Waals surface area (Å²) in [6, 6.07) is 12.4. The Labute approximate surface area is 196 Å². The van der Waals surface area contributed by atoms with Gasteiger partial charge in [0.1, 0.15) is 11.6 Å². The molecule has 1 saturated heterocycles. The van der Waals surface area contributed by atoms with Crippen LogP contribution in [-0.2, 0) is 19.4 Å². The molecule has 6 nitrogen and oxygen atoms in total. The average molecular weight is 447 g/mol. The Bertz CT molecular complexity index is 1070. The number of rotatable bonds is 10. The molecule has 1 N–H and O–H groups in total. The van der Waals surface area contributed by atoms with E-state index in [1.807, 2.05) is 31.3 Å². The van der Waals surface area contributed by atoms with Crippen LogP contribution >= 0.6 is 0 Å². The SMILES string of the molecule is Cc1ccc(Cc2cnc(CCCCOc3cccc(CN4CCCCC4)c3)[nH]c2=O)cn1. The van der Waals surface area contributed by atoms with E-state index in [1.165, 1.54) is 37.9 Å². The molecule has 33 heavy (non-hydrogen) atoms. The van der Waals surface area contributed by atoms with Gasteiger partial charge in [0.15, 0.2) is 0 Å². The highest BCUT2D eigenvalue weighted by molar-refractivity contribution is 5.28. The summed E-state index contributed by atoms with van der Waals surface area (Å²) >= 11 is 0. The smallest absolute Gasteiger partial charge is 0.254 e. The number of nitrogens with zero attached hydrogens (tertiary/aromatic N) is 3. The first-order chi connectivity index (χ1) is 16.2. The summed E-state index contributed by atoms with van der Waals surface area (Å²) in [5, 5.41) is 0. The minimum absolute atomic E-state index is 0.0673. The maximum Gasteiger partial charge on any atom is 0.254 e. The second-order valence-electron chi connectivity index (χ2n) is 8.96. The minimum Gasteiger partial charge on any atom is -0.494 e. The van der Waals surface area contributed by atoms with Crippen molar-refractivity contribution in [3.63, 3.8) is 0 Å². The molecule has 174 valence electrons. The van der Waals surface area contributed by atoms with Crippen LogP contribution in [-0.4, -0.2) is 39.5 Å². The third kappa shape index (κ3) is 7.26. The van der Waals surface area contributed by atoms with Crippen molar-refractivity contribution in [2.75, 3.05) is 19.7 Å². The fourth-order valence-corrected chi connectivity index (χ4v) is 4.23. The van der Waals surface area contributed by atoms with Gasteiger partial charge in [0.2, 0.25) is 0 Å². The molecule has 1 aromatic carbocycles. The van der Waals surface area contributed by atoms with Crippen LogP contribution in [0.15, 0.2) is 53.6 Å². The van der Waals surface area contributed by atoms with Crippen molar-refractivity contribution in [1.29, 1.82) is 0 Å². The van der Waals surface area contributed by atoms with Crippen molar-refractivity contribution < 1.29 is 4.74 Å². The topological polar surface area (TPSA) is 71.1 Å². The van der Waals surface area contributed by atoms with Gasteiger partial charge in [0.25, 0.3) is 5.56 Å². The Morgan fingerprint density at radius 1 is 1.00 bits per heavy atom. The van der Waals surface area contributed by atoms with Crippen molar-refractivity contribution >= 4 is 0 Å². The molecule has 0 aliphatic carbocycles. The van der Waals surface area contributed by atoms with Gasteiger partial charge in [-0.1, -0.05) is 24.6 Å². The highest BCUT2D eigenvalue weighted by atomic mass is 16.5. The lowest BCUT2D eigenvalue weighted by Gasteiger charge is -2.26. The van der Waals surface area contributed by atoms with Gasteiger partial charge in [0.05, 0.1) is 6.61 Å². The standard InChI is InChI=1S/C27H34N4O2/c1-21-11-12-22(18-28-21)16-24-19-29-26(30-27(24)32)10-3-6-15-33-25-9-7-8-23(17-25)20-31-13-4-2-5-14-31/h7-9,11-12,17-19H,2-6,10,13-16,20H2,1H3,(H,29,30,32). The summed E-state index contributed by atoms with van der Waals surface area (Å²) in [5.41, 5.74) is 3.89. The Kier molecular flexibility index (Phi) is 8.25. The number of likely N-dealkylation sites (tertiary alicyclic amines) is 1. The number of hydrogen-bond acceptors (Lipinski definition) is 5. The number of aromatic amines is 1. The van der Waals surface area contributed by atoms with Crippen molar-refractivity contribution in [2.45, 2.75) is 58.4 Å². The predicted octanol–water partition coefficient (Wildman–Crippen LogP) is 4.45. The molecule has 2 aromatic heterocycles. The van der Waals surface area contributed by atoms with Gasteiger partial charge in [-0.25, -0.2) is 4.98 Å². The number of benzene rings is 1. The van der Waals surface area contributed by atoms with E-state index < -0.39 is 0 Å². The van der Waals surface area contributed by atoms with Crippen molar-refractivity contribution in [3.8, 4) is 5.75 Å². The van der Waals surface area contributed by atoms with Crippen LogP contribution in [0.5, 0.6) is 5.75 Å². The van der Waals surface area contributed by atoms with Crippen molar-refractivity contribution in [3.05, 3.63) is 87.4 Å². The van der Waals surface area contributed by atoms with E-state index in [0.717, 1.165) is 48.6 Å². The van der Waals surface area contributed by atoms with Crippen LogP contribution < -0.4 is 10.3 Å². The lowest BCUT2D eigenvalue weighted by atomic mass is 10.1. The number of H-pyrrole nitrogens is 1. The Morgan fingerprint density at radius 3 is 2.67 bits per heavy atom. The van der Waals surface area contributed by atoms with Gasteiger partial charge in [-0.3, -0.25) is 14.7 Å². The molecule has 0 amide bonds. The minimum atomic E-state index is -0.0673. The molecule has 1 fully saturated rings. The molecule has 6 heteroatoms. The molecule has 3 aromatic rings. The van der Waals surface area contributed by atoms with Gasteiger partial charge in [-0.2, -0.15) is 0 Å². The third-order valence-electron chi connectivity index (χ3n) is 6.12. The summed E-state index contributed by atoms with van der Waals surface area (Å²) in [6.45, 7) is 6.02. The highest BCUT2D eigenvalue weighted by Gasteiger charge is 2.10. The first-order valence-electron chi connectivity index (χ1n) is 12.1. The van der Waals surface area contributed by atoms with Crippen LogP contribution in [0.3, 0.4) is 0 Å². The number of hydrogen-bond donors (Lipinski definition) is 1. The number of aromatic nitrogens is 3. The van der Waals surface area contributed by atoms with E-state index in [2.05, 4.69) is 38.1 Å².